The maximum atomic E-state index is 11.5. The van der Waals surface area contributed by atoms with Gasteiger partial charge in [0, 0.05) is 32.1 Å². The fourth-order valence-corrected chi connectivity index (χ4v) is 4.49. The number of carbonyl (C=O) groups excluding carboxylic acids is 2. The Morgan fingerprint density at radius 1 is 1.09 bits per heavy atom. The standard InChI is InChI=1S/C16H27N3O.C10H21NO.H2S2/c1-12(20)16(17)14-4-2-3-5-15(14)19-11-8-13-6-9-18-10-7-13;1-4-6-8-10(7-5-2)11-9(3)12;1-2/h13,18H,2-11,17H2,1H3;10H,4-8H2,1-3H3,(H,11,12);1-2H/b16-14-,19-15?;;. The van der Waals surface area contributed by atoms with Crippen molar-refractivity contribution in [3.63, 3.8) is 0 Å². The number of piperidine rings is 1. The average molecular weight is 515 g/mol. The van der Waals surface area contributed by atoms with Crippen molar-refractivity contribution in [1.82, 2.24) is 10.6 Å². The van der Waals surface area contributed by atoms with Crippen molar-refractivity contribution in [3.05, 3.63) is 11.3 Å². The van der Waals surface area contributed by atoms with Crippen LogP contribution in [0.4, 0.5) is 0 Å². The molecule has 1 atom stereocenters. The van der Waals surface area contributed by atoms with Gasteiger partial charge in [0.05, 0.1) is 5.70 Å². The van der Waals surface area contributed by atoms with Crippen molar-refractivity contribution < 1.29 is 9.59 Å². The lowest BCUT2D eigenvalue weighted by molar-refractivity contribution is -0.119. The maximum Gasteiger partial charge on any atom is 0.217 e. The molecule has 2 aliphatic rings. The number of unbranched alkanes of at least 4 members (excludes halogenated alkanes) is 1. The van der Waals surface area contributed by atoms with Crippen molar-refractivity contribution in [2.24, 2.45) is 16.6 Å². The maximum absolute atomic E-state index is 11.5. The van der Waals surface area contributed by atoms with Gasteiger partial charge in [-0.2, -0.15) is 0 Å². The highest BCUT2D eigenvalue weighted by atomic mass is 33.1. The first-order valence-corrected chi connectivity index (χ1v) is 14.7. The van der Waals surface area contributed by atoms with Crippen LogP contribution < -0.4 is 16.4 Å². The fourth-order valence-electron chi connectivity index (χ4n) is 4.49. The summed E-state index contributed by atoms with van der Waals surface area (Å²) < 4.78 is 0. The molecule has 8 heteroatoms. The van der Waals surface area contributed by atoms with Crippen molar-refractivity contribution in [1.29, 1.82) is 0 Å². The van der Waals surface area contributed by atoms with E-state index in [9.17, 15) is 9.59 Å². The molecule has 0 radical (unpaired) electrons. The van der Waals surface area contributed by atoms with Gasteiger partial charge in [0.2, 0.25) is 5.91 Å². The molecular formula is C26H50N4O2S2. The summed E-state index contributed by atoms with van der Waals surface area (Å²) in [6, 6.07) is 0.410. The highest BCUT2D eigenvalue weighted by Crippen LogP contribution is 2.24. The third-order valence-electron chi connectivity index (χ3n) is 6.39. The summed E-state index contributed by atoms with van der Waals surface area (Å²) in [6.45, 7) is 10.6. The summed E-state index contributed by atoms with van der Waals surface area (Å²) in [5.74, 6) is 0.888. The van der Waals surface area contributed by atoms with Crippen LogP contribution in [0.25, 0.3) is 0 Å². The second-order valence-corrected chi connectivity index (χ2v) is 9.29. The number of nitrogens with two attached hydrogens (primary N) is 1. The summed E-state index contributed by atoms with van der Waals surface area (Å²) in [7, 11) is 0. The molecule has 0 aromatic rings. The Labute approximate surface area is 219 Å². The third-order valence-corrected chi connectivity index (χ3v) is 6.39. The van der Waals surface area contributed by atoms with Crippen LogP contribution in [0.2, 0.25) is 0 Å². The van der Waals surface area contributed by atoms with E-state index in [0.29, 0.717) is 11.7 Å². The van der Waals surface area contributed by atoms with Crippen LogP contribution in [0.5, 0.6) is 0 Å². The minimum Gasteiger partial charge on any atom is -0.396 e. The van der Waals surface area contributed by atoms with Gasteiger partial charge < -0.3 is 16.4 Å². The van der Waals surface area contributed by atoms with Gasteiger partial charge >= 0.3 is 0 Å². The molecule has 0 spiro atoms. The number of allylic oxidation sites excluding steroid dienone is 2. The van der Waals surface area contributed by atoms with Crippen LogP contribution in [0.1, 0.15) is 105 Å². The van der Waals surface area contributed by atoms with Gasteiger partial charge in [-0.3, -0.25) is 14.6 Å². The highest BCUT2D eigenvalue weighted by molar-refractivity contribution is 8.59. The summed E-state index contributed by atoms with van der Waals surface area (Å²) in [6.07, 6.45) is 13.7. The zero-order valence-corrected chi connectivity index (χ0v) is 23.8. The van der Waals surface area contributed by atoms with E-state index in [2.05, 4.69) is 47.8 Å². The molecule has 1 aliphatic carbocycles. The Bertz CT molecular complexity index is 632. The molecule has 4 N–H and O–H groups in total. The lowest BCUT2D eigenvalue weighted by atomic mass is 9.90. The van der Waals surface area contributed by atoms with Crippen molar-refractivity contribution in [2.45, 2.75) is 111 Å². The van der Waals surface area contributed by atoms with Crippen molar-refractivity contribution in [3.8, 4) is 0 Å². The Balaban J connectivity index is 0.000000670. The van der Waals surface area contributed by atoms with Crippen molar-refractivity contribution in [2.75, 3.05) is 19.6 Å². The smallest absolute Gasteiger partial charge is 0.217 e. The van der Waals surface area contributed by atoms with E-state index >= 15 is 0 Å². The largest absolute Gasteiger partial charge is 0.396 e. The number of rotatable bonds is 10. The van der Waals surface area contributed by atoms with Crippen molar-refractivity contribution >= 4 is 40.7 Å². The molecular weight excluding hydrogens is 464 g/mol. The Kier molecular flexibility index (Phi) is 20.7. The number of hydrogen-bond donors (Lipinski definition) is 5. The van der Waals surface area contributed by atoms with Gasteiger partial charge in [0.25, 0.3) is 0 Å². The van der Waals surface area contributed by atoms with E-state index in [0.717, 1.165) is 75.4 Å². The van der Waals surface area contributed by atoms with Crippen LogP contribution in [-0.2, 0) is 9.59 Å². The first-order valence-electron chi connectivity index (χ1n) is 13.1. The topological polar surface area (TPSA) is 96.6 Å². The number of carbonyl (C=O) groups is 2. The predicted octanol–water partition coefficient (Wildman–Crippen LogP) is 5.44. The minimum absolute atomic E-state index is 0.0204. The Morgan fingerprint density at radius 3 is 2.29 bits per heavy atom. The molecule has 34 heavy (non-hydrogen) atoms. The van der Waals surface area contributed by atoms with Gasteiger partial charge in [0.1, 0.15) is 0 Å². The fraction of sp³-hybridized carbons (Fsp3) is 0.808. The zero-order valence-electron chi connectivity index (χ0n) is 22.0. The second kappa shape index (κ2) is 21.3. The molecule has 0 aromatic heterocycles. The molecule has 2 rings (SSSR count). The summed E-state index contributed by atoms with van der Waals surface area (Å²) in [4.78, 5) is 27.0. The third kappa shape index (κ3) is 15.1. The number of thiol groups is 2. The first kappa shape index (κ1) is 33.0. The van der Waals surface area contributed by atoms with E-state index in [-0.39, 0.29) is 11.7 Å². The normalized spacial score (nSPS) is 19.8. The van der Waals surface area contributed by atoms with Crippen LogP contribution in [0, 0.1) is 5.92 Å². The second-order valence-electron chi connectivity index (χ2n) is 9.29. The Hall–Kier alpha value is -0.990. The molecule has 1 saturated heterocycles. The first-order chi connectivity index (χ1) is 16.4. The molecule has 2 fully saturated rings. The number of nitrogens with zero attached hydrogens (tertiary/aromatic N) is 1. The number of ketones is 1. The number of Topliss-reactive ketones (excluding diaryl/α,β-unsaturated/α-hetero) is 1. The molecule has 0 bridgehead atoms. The highest BCUT2D eigenvalue weighted by Gasteiger charge is 2.19. The van der Waals surface area contributed by atoms with E-state index in [1.807, 2.05) is 0 Å². The molecule has 1 saturated carbocycles. The minimum atomic E-state index is -0.0204. The number of aliphatic imine (C=N–C) groups is 1. The monoisotopic (exact) mass is 514 g/mol. The van der Waals surface area contributed by atoms with Gasteiger partial charge in [-0.05, 0) is 82.4 Å². The van der Waals surface area contributed by atoms with Crippen LogP contribution in [-0.4, -0.2) is 43.1 Å². The van der Waals surface area contributed by atoms with E-state index in [1.165, 1.54) is 38.5 Å². The molecule has 0 aromatic carbocycles. The number of nitrogens with one attached hydrogen (secondary N) is 2. The summed E-state index contributed by atoms with van der Waals surface area (Å²) >= 11 is 6.44. The van der Waals surface area contributed by atoms with Crippen LogP contribution in [0.3, 0.4) is 0 Å². The van der Waals surface area contributed by atoms with Gasteiger partial charge in [-0.25, -0.2) is 0 Å². The van der Waals surface area contributed by atoms with E-state index in [1.54, 1.807) is 13.8 Å². The number of amides is 1. The quantitative estimate of drug-likeness (QED) is 0.152. The van der Waals surface area contributed by atoms with Gasteiger partial charge in [-0.1, -0.05) is 33.1 Å². The lowest BCUT2D eigenvalue weighted by Crippen LogP contribution is -2.32. The molecule has 1 aliphatic heterocycles. The SMILES string of the molecule is CC(=O)/C(N)=C1\CCCCC1=NCCC1CCNCC1.CCCCC(CCC)NC(C)=O.SS. The lowest BCUT2D eigenvalue weighted by Gasteiger charge is -2.22. The van der Waals surface area contributed by atoms with Crippen LogP contribution in [0.15, 0.2) is 16.3 Å². The molecule has 198 valence electrons. The van der Waals surface area contributed by atoms with E-state index < -0.39 is 0 Å². The van der Waals surface area contributed by atoms with Gasteiger partial charge in [0.15, 0.2) is 5.78 Å². The summed E-state index contributed by atoms with van der Waals surface area (Å²) in [5.41, 5.74) is 8.49. The zero-order chi connectivity index (χ0) is 25.8. The predicted molar refractivity (Wildman–Crippen MR) is 153 cm³/mol. The Morgan fingerprint density at radius 2 is 1.74 bits per heavy atom. The van der Waals surface area contributed by atoms with Gasteiger partial charge in [-0.15, -0.1) is 23.3 Å². The van der Waals surface area contributed by atoms with E-state index in [4.69, 9.17) is 10.7 Å². The molecule has 1 amide bonds. The average Bonchev–Trinajstić information content (AvgIpc) is 2.84. The molecule has 1 unspecified atom stereocenters. The number of hydrogen-bond acceptors (Lipinski definition) is 7. The molecule has 1 heterocycles. The molecule has 6 nitrogen and oxygen atoms in total. The summed E-state index contributed by atoms with van der Waals surface area (Å²) in [5, 5.41) is 6.37. The van der Waals surface area contributed by atoms with Crippen LogP contribution >= 0.6 is 23.3 Å².